The number of hydrogen-bond acceptors (Lipinski definition) is 4. The van der Waals surface area contributed by atoms with Gasteiger partial charge in [-0.15, -0.1) is 0 Å². The van der Waals surface area contributed by atoms with Crippen LogP contribution >= 0.6 is 0 Å². The van der Waals surface area contributed by atoms with E-state index in [9.17, 15) is 0 Å². The summed E-state index contributed by atoms with van der Waals surface area (Å²) in [5.74, 6) is -1.08. The predicted molar refractivity (Wildman–Crippen MR) is 32.1 cm³/mol. The van der Waals surface area contributed by atoms with Crippen LogP contribution in [0.25, 0.3) is 0 Å². The molecule has 4 nitrogen and oxygen atoms in total. The molecule has 0 radical (unpaired) electrons. The maximum absolute atomic E-state index is 8.89. The Hall–Kier alpha value is 3.39. The molecule has 0 fully saturated rings. The van der Waals surface area contributed by atoms with E-state index >= 15 is 0 Å². The van der Waals surface area contributed by atoms with Gasteiger partial charge in [0.2, 0.25) is 0 Å². The number of aliphatic carboxylic acids is 1. The number of nitrogens with two attached hydrogens (primary N) is 2. The zero-order valence-electron chi connectivity index (χ0n) is 11.9. The Balaban J connectivity index is -0.00000000468. The van der Waals surface area contributed by atoms with Crippen molar-refractivity contribution in [2.24, 2.45) is 11.5 Å². The van der Waals surface area contributed by atoms with Crippen molar-refractivity contribution in [2.75, 3.05) is 13.1 Å². The van der Waals surface area contributed by atoms with E-state index in [4.69, 9.17) is 21.4 Å². The van der Waals surface area contributed by atoms with E-state index in [1.807, 2.05) is 0 Å². The number of hydrogen-bond donors (Lipinski definition) is 2. The van der Waals surface area contributed by atoms with Crippen LogP contribution in [0, 0.1) is 0 Å². The van der Waals surface area contributed by atoms with E-state index in [2.05, 4.69) is 0 Å². The van der Waals surface area contributed by atoms with Gasteiger partial charge < -0.3 is 25.6 Å². The van der Waals surface area contributed by atoms with E-state index < -0.39 is 5.97 Å². The van der Waals surface area contributed by atoms with Gasteiger partial charge in [-0.25, -0.2) is 0 Å². The smallest absolute Gasteiger partial charge is 1.00 e. The average molecular weight is 214 g/mol. The quantitative estimate of drug-likeness (QED) is 0.424. The normalized spacial score (nSPS) is 4.58. The average Bonchev–Trinajstić information content (AvgIpc) is 1.65. The van der Waals surface area contributed by atoms with Crippen LogP contribution in [0.4, 0.5) is 0 Å². The third-order valence-corrected chi connectivity index (χ3v) is 0.167. The summed E-state index contributed by atoms with van der Waals surface area (Å²) in [6.07, 6.45) is 0. The number of carboxylic acid groups (broad SMARTS) is 1. The summed E-state index contributed by atoms with van der Waals surface area (Å²) >= 11 is 0. The van der Waals surface area contributed by atoms with Crippen molar-refractivity contribution in [3.63, 3.8) is 0 Å². The second-order valence-corrected chi connectivity index (χ2v) is 1.07. The van der Waals surface area contributed by atoms with Gasteiger partial charge in [-0.3, -0.25) is 0 Å². The number of rotatable bonds is 1. The molecule has 0 heterocycles. The Morgan fingerprint density at radius 3 is 1.25 bits per heavy atom. The van der Waals surface area contributed by atoms with Gasteiger partial charge in [0, 0.05) is 19.1 Å². The Morgan fingerprint density at radius 2 is 1.25 bits per heavy atom. The first-order valence-electron chi connectivity index (χ1n) is 2.22. The van der Waals surface area contributed by atoms with E-state index in [-0.39, 0.29) is 123 Å². The molecule has 0 aromatic rings. The molecule has 0 spiro atoms. The van der Waals surface area contributed by atoms with Gasteiger partial charge in [0.15, 0.2) is 0 Å². The van der Waals surface area contributed by atoms with Gasteiger partial charge >= 0.3 is 118 Å². The number of carbonyl (C=O) groups is 1. The van der Waals surface area contributed by atoms with Crippen LogP contribution in [-0.4, -0.2) is 19.1 Å². The van der Waals surface area contributed by atoms with Crippen LogP contribution in [0.2, 0.25) is 0 Å². The summed E-state index contributed by atoms with van der Waals surface area (Å²) < 4.78 is 0. The predicted octanol–water partition coefficient (Wildman–Crippen LogP) is -14.0. The number of carboxylic acids is 1. The molecule has 0 unspecified atom stereocenters. The fourth-order valence-corrected chi connectivity index (χ4v) is 0. The zero-order valence-corrected chi connectivity index (χ0v) is 16.9. The van der Waals surface area contributed by atoms with Gasteiger partial charge in [0.05, 0.1) is 0 Å². The third kappa shape index (κ3) is 107. The van der Waals surface area contributed by atoms with Crippen LogP contribution < -0.4 is 135 Å². The fourth-order valence-electron chi connectivity index (χ4n) is 0. The molecule has 0 atom stereocenters. The van der Waals surface area contributed by atoms with E-state index in [1.54, 1.807) is 0 Å². The molecule has 8 heteroatoms. The molecule has 4 N–H and O–H groups in total. The molecule has 0 aliphatic rings. The maximum Gasteiger partial charge on any atom is 1.00 e. The Labute approximate surface area is 167 Å². The molecule has 0 bridgehead atoms. The molecule has 0 aromatic carbocycles. The van der Waals surface area contributed by atoms with Gasteiger partial charge in [-0.05, 0) is 6.92 Å². The van der Waals surface area contributed by atoms with Crippen molar-refractivity contribution >= 4 is 5.97 Å². The Morgan fingerprint density at radius 1 is 1.17 bits per heavy atom. The molecule has 0 saturated carbocycles. The summed E-state index contributed by atoms with van der Waals surface area (Å²) in [6.45, 7) is 2.17. The molecule has 0 aliphatic carbocycles. The summed E-state index contributed by atoms with van der Waals surface area (Å²) in [4.78, 5) is 8.89. The molecule has 0 amide bonds. The SMILES string of the molecule is CC(=O)[O-].NCCN.[H-].[H-].[H-].[Na+].[Na+].[Na+].[Na+]. The second kappa shape index (κ2) is 36.7. The first kappa shape index (κ1) is 36.1. The van der Waals surface area contributed by atoms with Crippen LogP contribution in [-0.2, 0) is 4.79 Å². The van der Waals surface area contributed by atoms with Gasteiger partial charge in [0.1, 0.15) is 0 Å². The Bertz CT molecular complexity index is 71.8. The first-order chi connectivity index (χ1) is 3.65. The molecular weight excluding hydrogens is 200 g/mol. The molecule has 0 aliphatic heterocycles. The largest absolute Gasteiger partial charge is 1.00 e. The maximum atomic E-state index is 8.89. The standard InChI is InChI=1S/C2H8N2.C2H4O2.4Na.3H/c3-1-2-4;1-2(3)4;;;;;;;/h1-4H2;1H3,(H,3,4);;;;;;;/q;;4*+1;3*-1/p-1. The minimum Gasteiger partial charge on any atom is -1.00 e. The van der Waals surface area contributed by atoms with Crippen LogP contribution in [0.1, 0.15) is 11.2 Å². The molecular formula is C4H14N2Na4O2. The van der Waals surface area contributed by atoms with Crippen LogP contribution in [0.3, 0.4) is 0 Å². The van der Waals surface area contributed by atoms with Crippen molar-refractivity contribution in [2.45, 2.75) is 6.92 Å². The molecule has 0 aromatic heterocycles. The molecule has 12 heavy (non-hydrogen) atoms. The van der Waals surface area contributed by atoms with Crippen molar-refractivity contribution in [1.29, 1.82) is 0 Å². The van der Waals surface area contributed by atoms with Crippen LogP contribution in [0.5, 0.6) is 0 Å². The van der Waals surface area contributed by atoms with E-state index in [0.717, 1.165) is 6.92 Å². The van der Waals surface area contributed by atoms with Crippen molar-refractivity contribution in [3.05, 3.63) is 0 Å². The minimum atomic E-state index is -1.08. The van der Waals surface area contributed by atoms with Crippen LogP contribution in [0.15, 0.2) is 0 Å². The third-order valence-electron chi connectivity index (χ3n) is 0.167. The molecule has 0 rings (SSSR count). The second-order valence-electron chi connectivity index (χ2n) is 1.07. The summed E-state index contributed by atoms with van der Waals surface area (Å²) in [5.41, 5.74) is 9.81. The van der Waals surface area contributed by atoms with Gasteiger partial charge in [-0.2, -0.15) is 0 Å². The van der Waals surface area contributed by atoms with E-state index in [0.29, 0.717) is 13.1 Å². The number of carbonyl (C=O) groups excluding carboxylic acids is 1. The van der Waals surface area contributed by atoms with Crippen molar-refractivity contribution in [1.82, 2.24) is 0 Å². The first-order valence-corrected chi connectivity index (χ1v) is 2.22. The monoisotopic (exact) mass is 214 g/mol. The summed E-state index contributed by atoms with van der Waals surface area (Å²) in [5, 5.41) is 8.89. The summed E-state index contributed by atoms with van der Waals surface area (Å²) in [7, 11) is 0. The van der Waals surface area contributed by atoms with Crippen molar-refractivity contribution < 1.29 is 132 Å². The molecule has 0 saturated heterocycles. The Kier molecular flexibility index (Phi) is 110. The summed E-state index contributed by atoms with van der Waals surface area (Å²) in [6, 6.07) is 0. The van der Waals surface area contributed by atoms with Crippen molar-refractivity contribution in [3.8, 4) is 0 Å². The van der Waals surface area contributed by atoms with E-state index in [1.165, 1.54) is 0 Å². The topological polar surface area (TPSA) is 92.2 Å². The van der Waals surface area contributed by atoms with Gasteiger partial charge in [0.25, 0.3) is 0 Å². The fraction of sp³-hybridized carbons (Fsp3) is 0.750. The van der Waals surface area contributed by atoms with Gasteiger partial charge in [-0.1, -0.05) is 0 Å². The molecule has 56 valence electrons. The minimum absolute atomic E-state index is 0. The zero-order chi connectivity index (χ0) is 6.99.